The molecule has 3 nitrogen and oxygen atoms in total. The lowest BCUT2D eigenvalue weighted by atomic mass is 9.74. The average molecular weight is 691 g/mol. The minimum absolute atomic E-state index is 0.0121. The molecule has 2 aliphatic heterocycles. The normalized spacial score (nSPS) is 20.4. The molecule has 9 rings (SSSR count). The minimum atomic E-state index is 0.0121. The van der Waals surface area contributed by atoms with E-state index in [-0.39, 0.29) is 17.9 Å². The molecule has 2 aliphatic carbocycles. The van der Waals surface area contributed by atoms with Crippen molar-refractivity contribution in [2.45, 2.75) is 64.4 Å². The van der Waals surface area contributed by atoms with E-state index in [0.717, 1.165) is 47.5 Å². The van der Waals surface area contributed by atoms with Crippen molar-refractivity contribution in [2.75, 3.05) is 4.90 Å². The highest BCUT2D eigenvalue weighted by Gasteiger charge is 2.46. The van der Waals surface area contributed by atoms with Crippen LogP contribution in [-0.2, 0) is 0 Å². The van der Waals surface area contributed by atoms with Crippen LogP contribution in [0.3, 0.4) is 0 Å². The summed E-state index contributed by atoms with van der Waals surface area (Å²) in [7, 11) is 0. The SMILES string of the molecule is CCC/C=C\C(CC)C1=C(C)C=CC2Oc3c(ccc4c3C3CC=C(c5cc(-c6ccccc6)cc(-c6ccccc6)n5)C=C3N4c3ccccc3)C12. The summed E-state index contributed by atoms with van der Waals surface area (Å²) in [5.74, 6) is 1.89. The molecule has 0 spiro atoms. The Bertz CT molecular complexity index is 2250. The van der Waals surface area contributed by atoms with Gasteiger partial charge in [0, 0.05) is 34.0 Å². The van der Waals surface area contributed by atoms with Crippen molar-refractivity contribution in [3.05, 3.63) is 185 Å². The number of para-hydroxylation sites is 1. The number of pyridine rings is 1. The second kappa shape index (κ2) is 14.0. The van der Waals surface area contributed by atoms with E-state index in [0.29, 0.717) is 5.92 Å². The fourth-order valence-electron chi connectivity index (χ4n) is 8.97. The number of benzene rings is 4. The van der Waals surface area contributed by atoms with E-state index in [9.17, 15) is 0 Å². The number of nitrogens with zero attached hydrogens (tertiary/aromatic N) is 2. The van der Waals surface area contributed by atoms with Gasteiger partial charge in [0.2, 0.25) is 0 Å². The van der Waals surface area contributed by atoms with E-state index in [1.807, 2.05) is 0 Å². The van der Waals surface area contributed by atoms with Crippen LogP contribution in [0.2, 0.25) is 0 Å². The van der Waals surface area contributed by atoms with Crippen LogP contribution in [0.25, 0.3) is 28.0 Å². The van der Waals surface area contributed by atoms with Gasteiger partial charge in [-0.25, -0.2) is 4.98 Å². The molecular formula is C50H46N2O. The zero-order valence-electron chi connectivity index (χ0n) is 30.9. The third-order valence-corrected chi connectivity index (χ3v) is 11.5. The van der Waals surface area contributed by atoms with Crippen LogP contribution < -0.4 is 9.64 Å². The van der Waals surface area contributed by atoms with Crippen molar-refractivity contribution >= 4 is 16.9 Å². The maximum atomic E-state index is 7.09. The molecule has 0 fully saturated rings. The molecule has 5 aromatic rings. The smallest absolute Gasteiger partial charge is 0.130 e. The summed E-state index contributed by atoms with van der Waals surface area (Å²) in [5.41, 5.74) is 15.8. The molecule has 4 aliphatic rings. The maximum absolute atomic E-state index is 7.09. The molecule has 3 heterocycles. The molecule has 0 bridgehead atoms. The number of rotatable bonds is 9. The second-order valence-electron chi connectivity index (χ2n) is 14.8. The number of anilines is 2. The summed E-state index contributed by atoms with van der Waals surface area (Å²) in [6, 6.07) is 41.2. The summed E-state index contributed by atoms with van der Waals surface area (Å²) < 4.78 is 7.09. The van der Waals surface area contributed by atoms with Crippen LogP contribution in [0.5, 0.6) is 5.75 Å². The van der Waals surface area contributed by atoms with Crippen molar-refractivity contribution in [3.63, 3.8) is 0 Å². The van der Waals surface area contributed by atoms with Gasteiger partial charge in [-0.3, -0.25) is 0 Å². The number of allylic oxidation sites excluding steroid dienone is 8. The van der Waals surface area contributed by atoms with Gasteiger partial charge in [0.1, 0.15) is 11.9 Å². The Labute approximate surface area is 314 Å². The zero-order chi connectivity index (χ0) is 35.9. The molecule has 1 aromatic heterocycles. The van der Waals surface area contributed by atoms with E-state index in [1.54, 1.807) is 0 Å². The molecule has 0 amide bonds. The molecule has 0 N–H and O–H groups in total. The monoisotopic (exact) mass is 690 g/mol. The molecule has 0 saturated heterocycles. The van der Waals surface area contributed by atoms with Crippen LogP contribution in [0.1, 0.15) is 75.1 Å². The van der Waals surface area contributed by atoms with Crippen molar-refractivity contribution in [1.29, 1.82) is 0 Å². The molecule has 0 saturated carbocycles. The Kier molecular flexibility index (Phi) is 8.79. The van der Waals surface area contributed by atoms with Gasteiger partial charge in [-0.15, -0.1) is 0 Å². The first-order valence-corrected chi connectivity index (χ1v) is 19.4. The Balaban J connectivity index is 1.16. The number of ether oxygens (including phenoxy) is 1. The molecule has 0 radical (unpaired) electrons. The van der Waals surface area contributed by atoms with Crippen molar-refractivity contribution in [2.24, 2.45) is 5.92 Å². The van der Waals surface area contributed by atoms with Gasteiger partial charge in [0.15, 0.2) is 0 Å². The van der Waals surface area contributed by atoms with E-state index < -0.39 is 0 Å². The second-order valence-corrected chi connectivity index (χ2v) is 14.8. The molecular weight excluding hydrogens is 645 g/mol. The molecule has 4 atom stereocenters. The highest BCUT2D eigenvalue weighted by molar-refractivity contribution is 5.88. The van der Waals surface area contributed by atoms with E-state index in [2.05, 4.69) is 177 Å². The molecule has 4 aromatic carbocycles. The summed E-state index contributed by atoms with van der Waals surface area (Å²) in [6.07, 6.45) is 18.5. The van der Waals surface area contributed by atoms with E-state index >= 15 is 0 Å². The molecule has 262 valence electrons. The van der Waals surface area contributed by atoms with Crippen molar-refractivity contribution in [1.82, 2.24) is 4.98 Å². The standard InChI is InChI=1S/C50H46N2O/c1-4-6-10-17-34(5-2)47-33(3)24-29-46-49(47)41-27-28-44-48(50(41)53-46)40-26-25-37(32-45(40)52(44)39-22-15-9-16-23-39)43-31-38(35-18-11-7-12-19-35)30-42(51-43)36-20-13-8-14-21-36/h7-25,27-32,34,40,46,49H,4-6,26H2,1-3H3/b17-10-. The minimum Gasteiger partial charge on any atom is -0.485 e. The average Bonchev–Trinajstić information content (AvgIpc) is 3.76. The molecule has 3 heteroatoms. The lowest BCUT2D eigenvalue weighted by molar-refractivity contribution is 0.257. The zero-order valence-corrected chi connectivity index (χ0v) is 30.9. The predicted molar refractivity (Wildman–Crippen MR) is 220 cm³/mol. The van der Waals surface area contributed by atoms with Crippen LogP contribution >= 0.6 is 0 Å². The van der Waals surface area contributed by atoms with Crippen molar-refractivity contribution < 1.29 is 4.74 Å². The van der Waals surface area contributed by atoms with Crippen LogP contribution in [-0.4, -0.2) is 11.1 Å². The number of fused-ring (bicyclic) bond motifs is 7. The van der Waals surface area contributed by atoms with Gasteiger partial charge in [-0.2, -0.15) is 0 Å². The number of hydrogen-bond donors (Lipinski definition) is 0. The topological polar surface area (TPSA) is 25.4 Å². The predicted octanol–water partition coefficient (Wildman–Crippen LogP) is 13.1. The van der Waals surface area contributed by atoms with E-state index in [1.165, 1.54) is 56.9 Å². The van der Waals surface area contributed by atoms with Gasteiger partial charge < -0.3 is 9.64 Å². The Morgan fingerprint density at radius 1 is 0.830 bits per heavy atom. The van der Waals surface area contributed by atoms with Gasteiger partial charge >= 0.3 is 0 Å². The van der Waals surface area contributed by atoms with Gasteiger partial charge in [-0.1, -0.05) is 135 Å². The van der Waals surface area contributed by atoms with Crippen LogP contribution in [0.15, 0.2) is 169 Å². The highest BCUT2D eigenvalue weighted by atomic mass is 16.5. The Morgan fingerprint density at radius 3 is 2.28 bits per heavy atom. The third-order valence-electron chi connectivity index (χ3n) is 11.5. The number of aromatic nitrogens is 1. The summed E-state index contributed by atoms with van der Waals surface area (Å²) in [4.78, 5) is 7.78. The quantitative estimate of drug-likeness (QED) is 0.144. The lowest BCUT2D eigenvalue weighted by Crippen LogP contribution is -2.24. The fraction of sp³-hybridized carbons (Fsp3) is 0.220. The number of unbranched alkanes of at least 4 members (excludes halogenated alkanes) is 1. The number of hydrogen-bond acceptors (Lipinski definition) is 3. The largest absolute Gasteiger partial charge is 0.485 e. The first kappa shape index (κ1) is 33.2. The summed E-state index contributed by atoms with van der Waals surface area (Å²) in [5, 5.41) is 0. The first-order valence-electron chi connectivity index (χ1n) is 19.4. The lowest BCUT2D eigenvalue weighted by Gasteiger charge is -2.29. The molecule has 53 heavy (non-hydrogen) atoms. The van der Waals surface area contributed by atoms with Gasteiger partial charge in [0.05, 0.1) is 23.0 Å². The summed E-state index contributed by atoms with van der Waals surface area (Å²) >= 11 is 0. The first-order chi connectivity index (χ1) is 26.1. The third kappa shape index (κ3) is 5.89. The van der Waals surface area contributed by atoms with E-state index in [4.69, 9.17) is 9.72 Å². The summed E-state index contributed by atoms with van der Waals surface area (Å²) in [6.45, 7) is 6.86. The van der Waals surface area contributed by atoms with Gasteiger partial charge in [0.25, 0.3) is 0 Å². The maximum Gasteiger partial charge on any atom is 0.130 e. The Morgan fingerprint density at radius 2 is 1.55 bits per heavy atom. The Hall–Kier alpha value is -5.67. The van der Waals surface area contributed by atoms with Crippen LogP contribution in [0, 0.1) is 5.92 Å². The highest BCUT2D eigenvalue weighted by Crippen LogP contribution is 2.60. The van der Waals surface area contributed by atoms with Gasteiger partial charge in [-0.05, 0) is 96.9 Å². The van der Waals surface area contributed by atoms with Crippen molar-refractivity contribution in [3.8, 4) is 28.1 Å². The molecule has 4 unspecified atom stereocenters. The fourth-order valence-corrected chi connectivity index (χ4v) is 8.97. The van der Waals surface area contributed by atoms with Crippen LogP contribution in [0.4, 0.5) is 11.4 Å².